The first kappa shape index (κ1) is 8.69. The molecule has 0 saturated heterocycles. The predicted octanol–water partition coefficient (Wildman–Crippen LogP) is 1.45. The third-order valence-electron chi connectivity index (χ3n) is 2.34. The molecule has 0 atom stereocenters. The predicted molar refractivity (Wildman–Crippen MR) is 54.3 cm³/mol. The summed E-state index contributed by atoms with van der Waals surface area (Å²) in [7, 11) is 0. The van der Waals surface area contributed by atoms with E-state index in [1.165, 1.54) is 0 Å². The fourth-order valence-corrected chi connectivity index (χ4v) is 2.01. The first-order valence-electron chi connectivity index (χ1n) is 4.26. The van der Waals surface area contributed by atoms with Crippen LogP contribution in [-0.2, 0) is 4.79 Å². The van der Waals surface area contributed by atoms with Crippen LogP contribution in [0.5, 0.6) is 0 Å². The highest BCUT2D eigenvalue weighted by Crippen LogP contribution is 2.47. The van der Waals surface area contributed by atoms with Crippen molar-refractivity contribution >= 4 is 17.7 Å². The molecule has 1 saturated carbocycles. The molecule has 0 bridgehead atoms. The monoisotopic (exact) mass is 196 g/mol. The Hall–Kier alpha value is -0.900. The number of hydrogen-bond donors (Lipinski definition) is 1. The number of carbonyl (C=O) groups excluding carboxylic acids is 1. The average molecular weight is 196 g/mol. The lowest BCUT2D eigenvalue weighted by Gasteiger charge is -2.12. The number of aromatic nitrogens is 1. The quantitative estimate of drug-likeness (QED) is 0.794. The fraction of sp³-hybridized carbons (Fsp3) is 0.444. The van der Waals surface area contributed by atoms with Gasteiger partial charge in [0.2, 0.25) is 0 Å². The number of nitrogens with zero attached hydrogens (tertiary/aromatic N) is 1. The molecule has 1 fully saturated rings. The van der Waals surface area contributed by atoms with Gasteiger partial charge >= 0.3 is 0 Å². The zero-order valence-corrected chi connectivity index (χ0v) is 8.30. The van der Waals surface area contributed by atoms with Crippen molar-refractivity contribution in [3.63, 3.8) is 0 Å². The third kappa shape index (κ3) is 1.58. The second-order valence-electron chi connectivity index (χ2n) is 3.23. The molecule has 1 N–H and O–H groups in total. The molecule has 2 rings (SSSR count). The van der Waals surface area contributed by atoms with E-state index >= 15 is 0 Å². The van der Waals surface area contributed by atoms with Crippen molar-refractivity contribution in [2.24, 2.45) is 0 Å². The van der Waals surface area contributed by atoms with Gasteiger partial charge < -0.3 is 0 Å². The lowest BCUT2D eigenvalue weighted by atomic mass is 10.4. The molecule has 0 aliphatic heterocycles. The molecule has 1 aliphatic carbocycles. The number of rotatable bonds is 3. The van der Waals surface area contributed by atoms with Crippen LogP contribution in [0.3, 0.4) is 0 Å². The van der Waals surface area contributed by atoms with E-state index in [9.17, 15) is 4.79 Å². The van der Waals surface area contributed by atoms with Gasteiger partial charge in [-0.15, -0.1) is 11.8 Å². The van der Waals surface area contributed by atoms with E-state index in [1.54, 1.807) is 16.4 Å². The molecular weight excluding hydrogens is 184 g/mol. The van der Waals surface area contributed by atoms with Gasteiger partial charge in [-0.25, -0.2) is 0 Å². The van der Waals surface area contributed by atoms with Gasteiger partial charge in [-0.1, -0.05) is 0 Å². The highest BCUT2D eigenvalue weighted by molar-refractivity contribution is 8.01. The average Bonchev–Trinajstić information content (AvgIpc) is 2.79. The Balaban J connectivity index is 2.00. The van der Waals surface area contributed by atoms with Crippen LogP contribution in [-0.4, -0.2) is 21.6 Å². The van der Waals surface area contributed by atoms with Gasteiger partial charge in [0.05, 0.1) is 4.75 Å². The normalized spacial score (nSPS) is 18.2. The highest BCUT2D eigenvalue weighted by Gasteiger charge is 2.49. The second kappa shape index (κ2) is 3.10. The summed E-state index contributed by atoms with van der Waals surface area (Å²) < 4.78 is 1.56. The van der Waals surface area contributed by atoms with Gasteiger partial charge in [0, 0.05) is 12.4 Å². The smallest absolute Gasteiger partial charge is 0.254 e. The lowest BCUT2D eigenvalue weighted by Crippen LogP contribution is -2.31. The Kier molecular flexibility index (Phi) is 2.07. The van der Waals surface area contributed by atoms with Crippen molar-refractivity contribution < 1.29 is 4.79 Å². The molecular formula is C9H12N2OS. The first-order valence-corrected chi connectivity index (χ1v) is 5.49. The molecule has 0 spiro atoms. The summed E-state index contributed by atoms with van der Waals surface area (Å²) in [6.07, 6.45) is 7.65. The zero-order chi connectivity index (χ0) is 9.31. The number of nitrogens with one attached hydrogen (secondary N) is 1. The molecule has 70 valence electrons. The molecule has 0 unspecified atom stereocenters. The van der Waals surface area contributed by atoms with Crippen LogP contribution in [0.2, 0.25) is 0 Å². The third-order valence-corrected chi connectivity index (χ3v) is 3.72. The van der Waals surface area contributed by atoms with E-state index < -0.39 is 0 Å². The largest absolute Gasteiger partial charge is 0.272 e. The van der Waals surface area contributed by atoms with Gasteiger partial charge in [-0.2, -0.15) is 0 Å². The van der Waals surface area contributed by atoms with E-state index in [0.717, 1.165) is 12.8 Å². The zero-order valence-electron chi connectivity index (χ0n) is 7.49. The lowest BCUT2D eigenvalue weighted by molar-refractivity contribution is -0.117. The van der Waals surface area contributed by atoms with Crippen LogP contribution in [0.25, 0.3) is 0 Å². The molecule has 1 amide bonds. The number of carbonyl (C=O) groups is 1. The minimum Gasteiger partial charge on any atom is -0.272 e. The second-order valence-corrected chi connectivity index (χ2v) is 4.42. The van der Waals surface area contributed by atoms with E-state index in [2.05, 4.69) is 5.43 Å². The summed E-state index contributed by atoms with van der Waals surface area (Å²) in [5.41, 5.74) is 2.83. The summed E-state index contributed by atoms with van der Waals surface area (Å²) in [5, 5.41) is 0. The van der Waals surface area contributed by atoms with Crippen molar-refractivity contribution in [2.45, 2.75) is 17.6 Å². The maximum Gasteiger partial charge on any atom is 0.254 e. The minimum atomic E-state index is -0.135. The molecule has 1 aromatic heterocycles. The van der Waals surface area contributed by atoms with E-state index in [4.69, 9.17) is 0 Å². The van der Waals surface area contributed by atoms with Gasteiger partial charge in [0.25, 0.3) is 5.91 Å². The summed E-state index contributed by atoms with van der Waals surface area (Å²) in [5.74, 6) is 0.121. The van der Waals surface area contributed by atoms with Crippen molar-refractivity contribution in [3.8, 4) is 0 Å². The number of thioether (sulfide) groups is 1. The number of amides is 1. The van der Waals surface area contributed by atoms with Crippen molar-refractivity contribution in [2.75, 3.05) is 11.7 Å². The Morgan fingerprint density at radius 3 is 2.54 bits per heavy atom. The number of hydrogen-bond acceptors (Lipinski definition) is 2. The first-order chi connectivity index (χ1) is 6.27. The van der Waals surface area contributed by atoms with Gasteiger partial charge in [0.15, 0.2) is 0 Å². The van der Waals surface area contributed by atoms with Crippen LogP contribution in [0.15, 0.2) is 24.5 Å². The molecule has 0 radical (unpaired) electrons. The minimum absolute atomic E-state index is 0.121. The molecule has 3 nitrogen and oxygen atoms in total. The van der Waals surface area contributed by atoms with Crippen LogP contribution in [0, 0.1) is 0 Å². The Morgan fingerprint density at radius 2 is 2.08 bits per heavy atom. The van der Waals surface area contributed by atoms with Gasteiger partial charge in [-0.05, 0) is 31.2 Å². The molecule has 1 aliphatic rings. The van der Waals surface area contributed by atoms with Crippen molar-refractivity contribution in [3.05, 3.63) is 24.5 Å². The topological polar surface area (TPSA) is 34.0 Å². The van der Waals surface area contributed by atoms with E-state index in [-0.39, 0.29) is 10.7 Å². The van der Waals surface area contributed by atoms with Crippen LogP contribution >= 0.6 is 11.8 Å². The van der Waals surface area contributed by atoms with E-state index in [1.807, 2.05) is 30.8 Å². The summed E-state index contributed by atoms with van der Waals surface area (Å²) >= 11 is 1.64. The molecule has 1 heterocycles. The Morgan fingerprint density at radius 1 is 1.46 bits per heavy atom. The Labute approximate surface area is 81.5 Å². The Bertz CT molecular complexity index is 303. The summed E-state index contributed by atoms with van der Waals surface area (Å²) in [6.45, 7) is 0. The van der Waals surface area contributed by atoms with Gasteiger partial charge in [0.1, 0.15) is 0 Å². The maximum atomic E-state index is 11.7. The van der Waals surface area contributed by atoms with Crippen molar-refractivity contribution in [1.82, 2.24) is 4.68 Å². The maximum absolute atomic E-state index is 11.7. The summed E-state index contributed by atoms with van der Waals surface area (Å²) in [4.78, 5) is 11.7. The molecule has 0 aromatic carbocycles. The highest BCUT2D eigenvalue weighted by atomic mass is 32.2. The summed E-state index contributed by atoms with van der Waals surface area (Å²) in [6, 6.07) is 3.78. The van der Waals surface area contributed by atoms with Gasteiger partial charge in [-0.3, -0.25) is 14.9 Å². The van der Waals surface area contributed by atoms with Crippen LogP contribution in [0.4, 0.5) is 0 Å². The SMILES string of the molecule is CSC1(C(=O)Nn2cccc2)CC1. The molecule has 4 heteroatoms. The van der Waals surface area contributed by atoms with E-state index in [0.29, 0.717) is 0 Å². The fourth-order valence-electron chi connectivity index (χ4n) is 1.27. The van der Waals surface area contributed by atoms with Crippen molar-refractivity contribution in [1.29, 1.82) is 0 Å². The molecule has 13 heavy (non-hydrogen) atoms. The standard InChI is InChI=1S/C9H12N2OS/c1-13-9(4-5-9)8(12)10-11-6-2-3-7-11/h2-3,6-7H,4-5H2,1H3,(H,10,12). The van der Waals surface area contributed by atoms with Crippen LogP contribution in [0.1, 0.15) is 12.8 Å². The molecule has 1 aromatic rings. The van der Waals surface area contributed by atoms with Crippen LogP contribution < -0.4 is 5.43 Å².